The third-order valence-corrected chi connectivity index (χ3v) is 4.19. The lowest BCUT2D eigenvalue weighted by Crippen LogP contribution is -2.12. The summed E-state index contributed by atoms with van der Waals surface area (Å²) in [5.41, 5.74) is 1.25. The van der Waals surface area contributed by atoms with Crippen LogP contribution in [0.25, 0.3) is 0 Å². The van der Waals surface area contributed by atoms with Crippen molar-refractivity contribution in [3.63, 3.8) is 0 Å². The second kappa shape index (κ2) is 7.98. The van der Waals surface area contributed by atoms with Gasteiger partial charge in [0.15, 0.2) is 0 Å². The van der Waals surface area contributed by atoms with Gasteiger partial charge in [-0.25, -0.2) is 4.98 Å². The predicted octanol–water partition coefficient (Wildman–Crippen LogP) is 3.79. The second-order valence-electron chi connectivity index (χ2n) is 5.70. The zero-order valence-corrected chi connectivity index (χ0v) is 13.9. The normalized spacial score (nSPS) is 13.5. The van der Waals surface area contributed by atoms with Crippen molar-refractivity contribution < 1.29 is 4.74 Å². The summed E-state index contributed by atoms with van der Waals surface area (Å²) >= 11 is 1.80. The van der Waals surface area contributed by atoms with E-state index in [0.717, 1.165) is 24.5 Å². The van der Waals surface area contributed by atoms with E-state index in [-0.39, 0.29) is 6.10 Å². The molecule has 1 atom stereocenters. The van der Waals surface area contributed by atoms with Gasteiger partial charge in [0, 0.05) is 18.5 Å². The minimum Gasteiger partial charge on any atom is -0.374 e. The first kappa shape index (κ1) is 16.6. The Kier molecular flexibility index (Phi) is 6.97. The first-order valence-electron chi connectivity index (χ1n) is 7.21. The van der Waals surface area contributed by atoms with E-state index in [4.69, 9.17) is 9.72 Å². The van der Waals surface area contributed by atoms with Crippen LogP contribution < -0.4 is 5.32 Å². The molecule has 19 heavy (non-hydrogen) atoms. The van der Waals surface area contributed by atoms with E-state index in [1.165, 1.54) is 10.6 Å². The van der Waals surface area contributed by atoms with Gasteiger partial charge < -0.3 is 10.1 Å². The van der Waals surface area contributed by atoms with E-state index in [1.54, 1.807) is 18.4 Å². The van der Waals surface area contributed by atoms with E-state index in [9.17, 15) is 0 Å². The van der Waals surface area contributed by atoms with E-state index in [0.29, 0.717) is 11.8 Å². The van der Waals surface area contributed by atoms with Crippen LogP contribution in [0.2, 0.25) is 0 Å². The van der Waals surface area contributed by atoms with Crippen molar-refractivity contribution in [2.45, 2.75) is 53.7 Å². The fraction of sp³-hybridized carbons (Fsp3) is 0.800. The molecule has 0 radical (unpaired) electrons. The number of thiazole rings is 1. The molecule has 0 fully saturated rings. The van der Waals surface area contributed by atoms with Gasteiger partial charge in [0.2, 0.25) is 0 Å². The van der Waals surface area contributed by atoms with E-state index in [1.807, 2.05) is 0 Å². The Labute approximate surface area is 121 Å². The summed E-state index contributed by atoms with van der Waals surface area (Å²) in [6, 6.07) is 0. The Balaban J connectivity index is 2.97. The third-order valence-electron chi connectivity index (χ3n) is 3.03. The van der Waals surface area contributed by atoms with Crippen LogP contribution in [-0.2, 0) is 17.7 Å². The summed E-state index contributed by atoms with van der Waals surface area (Å²) in [5.74, 6) is 1.09. The molecule has 110 valence electrons. The van der Waals surface area contributed by atoms with Gasteiger partial charge in [-0.2, -0.15) is 0 Å². The van der Waals surface area contributed by atoms with Crippen molar-refractivity contribution in [2.75, 3.05) is 13.7 Å². The molecular formula is C15H28N2OS. The first-order valence-corrected chi connectivity index (χ1v) is 8.03. The molecule has 4 heteroatoms. The smallest absolute Gasteiger partial charge is 0.122 e. The molecule has 0 aliphatic rings. The molecule has 0 bridgehead atoms. The standard InChI is InChI=1S/C15H28N2OS/c1-7-16-9-13-12(8-10(2)3)17-15(19-13)14(18-6)11(4)5/h10-11,14,16H,7-9H2,1-6H3. The van der Waals surface area contributed by atoms with Crippen molar-refractivity contribution in [3.8, 4) is 0 Å². The van der Waals surface area contributed by atoms with E-state index >= 15 is 0 Å². The monoisotopic (exact) mass is 284 g/mol. The van der Waals surface area contributed by atoms with Crippen LogP contribution in [0.1, 0.15) is 56.3 Å². The highest BCUT2D eigenvalue weighted by atomic mass is 32.1. The van der Waals surface area contributed by atoms with Gasteiger partial charge in [-0.1, -0.05) is 34.6 Å². The average molecular weight is 284 g/mol. The maximum Gasteiger partial charge on any atom is 0.122 e. The molecule has 0 spiro atoms. The van der Waals surface area contributed by atoms with Gasteiger partial charge in [0.25, 0.3) is 0 Å². The van der Waals surface area contributed by atoms with E-state index in [2.05, 4.69) is 39.9 Å². The van der Waals surface area contributed by atoms with Gasteiger partial charge in [0.05, 0.1) is 5.69 Å². The Hall–Kier alpha value is -0.450. The number of methoxy groups -OCH3 is 1. The number of ether oxygens (including phenoxy) is 1. The summed E-state index contributed by atoms with van der Waals surface area (Å²) in [6.45, 7) is 12.9. The Morgan fingerprint density at radius 1 is 1.26 bits per heavy atom. The van der Waals surface area contributed by atoms with Gasteiger partial charge >= 0.3 is 0 Å². The van der Waals surface area contributed by atoms with Gasteiger partial charge in [0.1, 0.15) is 11.1 Å². The number of nitrogens with one attached hydrogen (secondary N) is 1. The molecule has 0 saturated carbocycles. The van der Waals surface area contributed by atoms with Crippen LogP contribution in [0.15, 0.2) is 0 Å². The van der Waals surface area contributed by atoms with Crippen molar-refractivity contribution >= 4 is 11.3 Å². The van der Waals surface area contributed by atoms with Crippen molar-refractivity contribution in [2.24, 2.45) is 11.8 Å². The predicted molar refractivity (Wildman–Crippen MR) is 82.6 cm³/mol. The fourth-order valence-corrected chi connectivity index (χ4v) is 3.42. The number of nitrogens with zero attached hydrogens (tertiary/aromatic N) is 1. The maximum atomic E-state index is 5.60. The lowest BCUT2D eigenvalue weighted by atomic mass is 10.1. The topological polar surface area (TPSA) is 34.1 Å². The Morgan fingerprint density at radius 3 is 2.42 bits per heavy atom. The number of rotatable bonds is 8. The molecule has 1 unspecified atom stereocenters. The molecule has 0 saturated heterocycles. The SMILES string of the molecule is CCNCc1sc(C(OC)C(C)C)nc1CC(C)C. The lowest BCUT2D eigenvalue weighted by molar-refractivity contribution is 0.0643. The summed E-state index contributed by atoms with van der Waals surface area (Å²) < 4.78 is 5.60. The van der Waals surface area contributed by atoms with Crippen LogP contribution in [0.3, 0.4) is 0 Å². The maximum absolute atomic E-state index is 5.60. The molecule has 0 aliphatic carbocycles. The lowest BCUT2D eigenvalue weighted by Gasteiger charge is -2.16. The Bertz CT molecular complexity index is 374. The average Bonchev–Trinajstić information content (AvgIpc) is 2.69. The molecule has 0 aliphatic heterocycles. The van der Waals surface area contributed by atoms with Gasteiger partial charge in [-0.3, -0.25) is 0 Å². The van der Waals surface area contributed by atoms with Crippen LogP contribution in [0.5, 0.6) is 0 Å². The van der Waals surface area contributed by atoms with Crippen LogP contribution in [0.4, 0.5) is 0 Å². The minimum absolute atomic E-state index is 0.117. The summed E-state index contributed by atoms with van der Waals surface area (Å²) in [5, 5.41) is 4.53. The van der Waals surface area contributed by atoms with Gasteiger partial charge in [-0.15, -0.1) is 11.3 Å². The third kappa shape index (κ3) is 4.86. The highest BCUT2D eigenvalue weighted by Crippen LogP contribution is 2.31. The largest absolute Gasteiger partial charge is 0.374 e. The first-order chi connectivity index (χ1) is 8.99. The van der Waals surface area contributed by atoms with Crippen LogP contribution in [-0.4, -0.2) is 18.6 Å². The van der Waals surface area contributed by atoms with Crippen LogP contribution >= 0.6 is 11.3 Å². The zero-order chi connectivity index (χ0) is 14.4. The molecule has 0 aromatic carbocycles. The van der Waals surface area contributed by atoms with Crippen LogP contribution in [0, 0.1) is 11.8 Å². The molecule has 3 nitrogen and oxygen atoms in total. The van der Waals surface area contributed by atoms with Crippen molar-refractivity contribution in [3.05, 3.63) is 15.6 Å². The van der Waals surface area contributed by atoms with Gasteiger partial charge in [-0.05, 0) is 24.8 Å². The second-order valence-corrected chi connectivity index (χ2v) is 6.82. The molecule has 1 N–H and O–H groups in total. The minimum atomic E-state index is 0.117. The molecule has 1 aromatic rings. The quantitative estimate of drug-likeness (QED) is 0.788. The number of hydrogen-bond acceptors (Lipinski definition) is 4. The van der Waals surface area contributed by atoms with E-state index < -0.39 is 0 Å². The van der Waals surface area contributed by atoms with Crippen molar-refractivity contribution in [1.29, 1.82) is 0 Å². The summed E-state index contributed by atoms with van der Waals surface area (Å²) in [4.78, 5) is 6.22. The molecular weight excluding hydrogens is 256 g/mol. The summed E-state index contributed by atoms with van der Waals surface area (Å²) in [7, 11) is 1.78. The molecule has 0 amide bonds. The molecule has 1 aromatic heterocycles. The molecule has 1 rings (SSSR count). The number of aromatic nitrogens is 1. The highest BCUT2D eigenvalue weighted by molar-refractivity contribution is 7.11. The number of hydrogen-bond donors (Lipinski definition) is 1. The van der Waals surface area contributed by atoms with Crippen molar-refractivity contribution in [1.82, 2.24) is 10.3 Å². The molecule has 1 heterocycles. The highest BCUT2D eigenvalue weighted by Gasteiger charge is 2.21. The fourth-order valence-electron chi connectivity index (χ4n) is 2.11. The Morgan fingerprint density at radius 2 is 1.95 bits per heavy atom. The zero-order valence-electron chi connectivity index (χ0n) is 13.1. The summed E-state index contributed by atoms with van der Waals surface area (Å²) in [6.07, 6.45) is 1.16.